The van der Waals surface area contributed by atoms with Crippen LogP contribution in [0.3, 0.4) is 0 Å². The third-order valence-corrected chi connectivity index (χ3v) is 4.67. The molecule has 1 aromatic heterocycles. The van der Waals surface area contributed by atoms with Crippen molar-refractivity contribution in [1.29, 1.82) is 0 Å². The second kappa shape index (κ2) is 6.70. The standard InChI is InChI=1S/C16H24N4O3/c1-10-11(2)17-16(19-14(10)21)20-7-3-5-12(9-20)18-15(22)13-6-4-8-23-13/h12-13H,3-9H2,1-2H3,(H,18,22)(H,17,19,21)/t12-,13+/m0/s1. The van der Waals surface area contributed by atoms with E-state index in [4.69, 9.17) is 4.74 Å². The van der Waals surface area contributed by atoms with Gasteiger partial charge in [-0.1, -0.05) is 0 Å². The monoisotopic (exact) mass is 320 g/mol. The Kier molecular flexibility index (Phi) is 4.66. The fraction of sp³-hybridized carbons (Fsp3) is 0.688. The molecule has 3 heterocycles. The van der Waals surface area contributed by atoms with Gasteiger partial charge < -0.3 is 15.0 Å². The van der Waals surface area contributed by atoms with Gasteiger partial charge in [-0.15, -0.1) is 0 Å². The van der Waals surface area contributed by atoms with E-state index in [1.165, 1.54) is 0 Å². The number of anilines is 1. The van der Waals surface area contributed by atoms with Crippen LogP contribution in [-0.2, 0) is 9.53 Å². The Morgan fingerprint density at radius 3 is 2.87 bits per heavy atom. The Hall–Kier alpha value is -1.89. The maximum atomic E-state index is 12.2. The van der Waals surface area contributed by atoms with E-state index in [0.717, 1.165) is 37.9 Å². The number of rotatable bonds is 3. The van der Waals surface area contributed by atoms with Crippen LogP contribution >= 0.6 is 0 Å². The number of amides is 1. The molecule has 2 aliphatic heterocycles. The summed E-state index contributed by atoms with van der Waals surface area (Å²) in [5.74, 6) is 0.574. The predicted octanol–water partition coefficient (Wildman–Crippen LogP) is 0.651. The number of piperidine rings is 1. The molecule has 0 aromatic carbocycles. The van der Waals surface area contributed by atoms with Crippen LogP contribution in [0.1, 0.15) is 36.9 Å². The van der Waals surface area contributed by atoms with Gasteiger partial charge in [-0.05, 0) is 39.5 Å². The Morgan fingerprint density at radius 2 is 2.17 bits per heavy atom. The molecule has 0 bridgehead atoms. The van der Waals surface area contributed by atoms with Crippen LogP contribution < -0.4 is 15.8 Å². The van der Waals surface area contributed by atoms with Gasteiger partial charge in [0.2, 0.25) is 11.9 Å². The Labute approximate surface area is 135 Å². The minimum absolute atomic E-state index is 0.0177. The van der Waals surface area contributed by atoms with E-state index in [2.05, 4.69) is 15.3 Å². The van der Waals surface area contributed by atoms with Gasteiger partial charge in [-0.25, -0.2) is 4.98 Å². The normalized spacial score (nSPS) is 24.7. The second-order valence-corrected chi connectivity index (χ2v) is 6.40. The van der Waals surface area contributed by atoms with Gasteiger partial charge in [0, 0.05) is 37.0 Å². The molecule has 2 atom stereocenters. The lowest BCUT2D eigenvalue weighted by molar-refractivity contribution is -0.130. The molecule has 7 heteroatoms. The zero-order chi connectivity index (χ0) is 16.4. The average molecular weight is 320 g/mol. The maximum Gasteiger partial charge on any atom is 0.255 e. The first-order valence-electron chi connectivity index (χ1n) is 8.29. The van der Waals surface area contributed by atoms with E-state index in [-0.39, 0.29) is 23.6 Å². The van der Waals surface area contributed by atoms with Crippen molar-refractivity contribution in [2.75, 3.05) is 24.6 Å². The number of H-pyrrole nitrogens is 1. The zero-order valence-electron chi connectivity index (χ0n) is 13.7. The van der Waals surface area contributed by atoms with Gasteiger partial charge in [-0.3, -0.25) is 14.6 Å². The fourth-order valence-corrected chi connectivity index (χ4v) is 3.15. The third-order valence-electron chi connectivity index (χ3n) is 4.67. The molecule has 2 saturated heterocycles. The van der Waals surface area contributed by atoms with Gasteiger partial charge in [0.25, 0.3) is 5.56 Å². The van der Waals surface area contributed by atoms with Crippen molar-refractivity contribution >= 4 is 11.9 Å². The van der Waals surface area contributed by atoms with Gasteiger partial charge >= 0.3 is 0 Å². The molecule has 0 radical (unpaired) electrons. The van der Waals surface area contributed by atoms with Crippen molar-refractivity contribution in [3.63, 3.8) is 0 Å². The summed E-state index contributed by atoms with van der Waals surface area (Å²) in [6, 6.07) is 0.0624. The van der Waals surface area contributed by atoms with E-state index >= 15 is 0 Å². The van der Waals surface area contributed by atoms with Gasteiger partial charge in [0.1, 0.15) is 6.10 Å². The highest BCUT2D eigenvalue weighted by Gasteiger charge is 2.28. The van der Waals surface area contributed by atoms with Gasteiger partial charge in [0.15, 0.2) is 0 Å². The molecule has 7 nitrogen and oxygen atoms in total. The number of carbonyl (C=O) groups is 1. The van der Waals surface area contributed by atoms with Crippen molar-refractivity contribution in [3.8, 4) is 0 Å². The molecule has 3 rings (SSSR count). The van der Waals surface area contributed by atoms with E-state index in [9.17, 15) is 9.59 Å². The van der Waals surface area contributed by atoms with Crippen LogP contribution in [0.5, 0.6) is 0 Å². The molecule has 2 fully saturated rings. The summed E-state index contributed by atoms with van der Waals surface area (Å²) in [6.07, 6.45) is 3.33. The van der Waals surface area contributed by atoms with Crippen molar-refractivity contribution in [3.05, 3.63) is 21.6 Å². The van der Waals surface area contributed by atoms with Gasteiger partial charge in [-0.2, -0.15) is 0 Å². The van der Waals surface area contributed by atoms with Crippen LogP contribution in [0.2, 0.25) is 0 Å². The Balaban J connectivity index is 1.66. The molecule has 1 amide bonds. The van der Waals surface area contributed by atoms with E-state index in [1.54, 1.807) is 6.92 Å². The summed E-state index contributed by atoms with van der Waals surface area (Å²) >= 11 is 0. The summed E-state index contributed by atoms with van der Waals surface area (Å²) in [4.78, 5) is 33.5. The Morgan fingerprint density at radius 1 is 1.35 bits per heavy atom. The minimum Gasteiger partial charge on any atom is -0.368 e. The topological polar surface area (TPSA) is 87.3 Å². The number of nitrogens with one attached hydrogen (secondary N) is 2. The molecular weight excluding hydrogens is 296 g/mol. The third kappa shape index (κ3) is 3.55. The van der Waals surface area contributed by atoms with Gasteiger partial charge in [0.05, 0.1) is 0 Å². The van der Waals surface area contributed by atoms with Crippen LogP contribution in [-0.4, -0.2) is 47.7 Å². The van der Waals surface area contributed by atoms with Crippen LogP contribution in [0.25, 0.3) is 0 Å². The summed E-state index contributed by atoms with van der Waals surface area (Å²) in [7, 11) is 0. The first kappa shape index (κ1) is 16.0. The van der Waals surface area contributed by atoms with Crippen molar-refractivity contribution in [2.45, 2.75) is 51.7 Å². The molecule has 1 aromatic rings. The van der Waals surface area contributed by atoms with Crippen molar-refractivity contribution < 1.29 is 9.53 Å². The summed E-state index contributed by atoms with van der Waals surface area (Å²) < 4.78 is 5.43. The van der Waals surface area contributed by atoms with E-state index in [1.807, 2.05) is 11.8 Å². The molecule has 23 heavy (non-hydrogen) atoms. The molecule has 0 saturated carbocycles. The number of aromatic amines is 1. The van der Waals surface area contributed by atoms with Crippen molar-refractivity contribution in [1.82, 2.24) is 15.3 Å². The SMILES string of the molecule is Cc1nc(N2CCC[C@H](NC(=O)[C@H]3CCCO3)C2)[nH]c(=O)c1C. The van der Waals surface area contributed by atoms with Crippen LogP contribution in [0.4, 0.5) is 5.95 Å². The van der Waals surface area contributed by atoms with Crippen molar-refractivity contribution in [2.24, 2.45) is 0 Å². The highest BCUT2D eigenvalue weighted by molar-refractivity contribution is 5.81. The number of hydrogen-bond acceptors (Lipinski definition) is 5. The second-order valence-electron chi connectivity index (χ2n) is 6.40. The summed E-state index contributed by atoms with van der Waals surface area (Å²) in [5.41, 5.74) is 1.29. The zero-order valence-corrected chi connectivity index (χ0v) is 13.7. The number of hydrogen-bond donors (Lipinski definition) is 2. The largest absolute Gasteiger partial charge is 0.368 e. The number of aromatic nitrogens is 2. The van der Waals surface area contributed by atoms with Crippen LogP contribution in [0, 0.1) is 13.8 Å². The number of carbonyl (C=O) groups excluding carboxylic acids is 1. The molecule has 0 spiro atoms. The molecule has 126 valence electrons. The molecule has 2 N–H and O–H groups in total. The molecule has 2 aliphatic rings. The fourth-order valence-electron chi connectivity index (χ4n) is 3.15. The van der Waals surface area contributed by atoms with E-state index in [0.29, 0.717) is 24.7 Å². The lowest BCUT2D eigenvalue weighted by Gasteiger charge is -2.34. The summed E-state index contributed by atoms with van der Waals surface area (Å²) in [6.45, 7) is 5.77. The first-order valence-corrected chi connectivity index (χ1v) is 8.29. The first-order chi connectivity index (χ1) is 11.0. The summed E-state index contributed by atoms with van der Waals surface area (Å²) in [5, 5.41) is 3.08. The highest BCUT2D eigenvalue weighted by atomic mass is 16.5. The number of ether oxygens (including phenoxy) is 1. The number of aryl methyl sites for hydroxylation is 1. The smallest absolute Gasteiger partial charge is 0.255 e. The lowest BCUT2D eigenvalue weighted by Crippen LogP contribution is -2.50. The van der Waals surface area contributed by atoms with E-state index < -0.39 is 0 Å². The minimum atomic E-state index is -0.301. The highest BCUT2D eigenvalue weighted by Crippen LogP contribution is 2.17. The molecule has 0 unspecified atom stereocenters. The Bertz CT molecular complexity index is 637. The molecule has 0 aliphatic carbocycles. The predicted molar refractivity (Wildman–Crippen MR) is 86.7 cm³/mol. The number of nitrogens with zero attached hydrogens (tertiary/aromatic N) is 2. The lowest BCUT2D eigenvalue weighted by atomic mass is 10.1. The quantitative estimate of drug-likeness (QED) is 0.854. The average Bonchev–Trinajstić information content (AvgIpc) is 3.07. The molecular formula is C16H24N4O3. The maximum absolute atomic E-state index is 12.2. The van der Waals surface area contributed by atoms with Crippen LogP contribution in [0.15, 0.2) is 4.79 Å².